The second kappa shape index (κ2) is 11.4. The lowest BCUT2D eigenvalue weighted by Crippen LogP contribution is -1.47. The maximum atomic E-state index is 2.00. The minimum absolute atomic E-state index is 0. The van der Waals surface area contributed by atoms with Crippen LogP contribution in [0.2, 0.25) is 0 Å². The Morgan fingerprint density at radius 1 is 0.214 bits per heavy atom. The summed E-state index contributed by atoms with van der Waals surface area (Å²) in [6.07, 6.45) is 0. The van der Waals surface area contributed by atoms with Crippen LogP contribution in [0.1, 0.15) is 0 Å². The predicted octanol–water partition coefficient (Wildman–Crippen LogP) is 4.27. The molecule has 0 atom stereocenters. The Bertz CT molecular complexity index is 175. The zero-order chi connectivity index (χ0) is 8.49. The monoisotopic (exact) mass is 186 g/mol. The highest BCUT2D eigenvalue weighted by molar-refractivity contribution is 4.99. The van der Waals surface area contributed by atoms with E-state index in [1.807, 2.05) is 72.8 Å². The van der Waals surface area contributed by atoms with Crippen molar-refractivity contribution in [2.75, 3.05) is 0 Å². The molecular formula is C14H18-2. The third-order valence-corrected chi connectivity index (χ3v) is 1.33. The van der Waals surface area contributed by atoms with E-state index >= 15 is 0 Å². The summed E-state index contributed by atoms with van der Waals surface area (Å²) in [5.74, 6) is 0. The third kappa shape index (κ3) is 8.54. The summed E-state index contributed by atoms with van der Waals surface area (Å²) < 4.78 is 0. The highest BCUT2D eigenvalue weighted by Crippen LogP contribution is 1.80. The normalized spacial score (nSPS) is 6.86. The fourth-order valence-electron chi connectivity index (χ4n) is 0.770. The summed E-state index contributed by atoms with van der Waals surface area (Å²) in [5.41, 5.74) is 0. The molecule has 0 bridgehead atoms. The standard InChI is InChI=1S/2C6H6.2CH3/c2*1-2-4-6-5-3-1;;/h2*1-6H;2*1H3/q;;2*-1. The summed E-state index contributed by atoms with van der Waals surface area (Å²) in [4.78, 5) is 0. The van der Waals surface area contributed by atoms with Crippen LogP contribution in [0.15, 0.2) is 72.8 Å². The summed E-state index contributed by atoms with van der Waals surface area (Å²) in [5, 5.41) is 0. The van der Waals surface area contributed by atoms with Crippen molar-refractivity contribution in [1.29, 1.82) is 0 Å². The van der Waals surface area contributed by atoms with Gasteiger partial charge in [0.15, 0.2) is 0 Å². The third-order valence-electron chi connectivity index (χ3n) is 1.33. The summed E-state index contributed by atoms with van der Waals surface area (Å²) in [7, 11) is 0. The van der Waals surface area contributed by atoms with E-state index in [1.54, 1.807) is 0 Å². The molecule has 2 aromatic rings. The SMILES string of the molecule is [CH3-].[CH3-].c1ccccc1.c1ccccc1. The van der Waals surface area contributed by atoms with Crippen molar-refractivity contribution in [3.05, 3.63) is 87.6 Å². The summed E-state index contributed by atoms with van der Waals surface area (Å²) in [6.45, 7) is 0. The van der Waals surface area contributed by atoms with E-state index in [1.165, 1.54) is 0 Å². The van der Waals surface area contributed by atoms with Crippen molar-refractivity contribution in [2.24, 2.45) is 0 Å². The first kappa shape index (κ1) is 14.9. The lowest BCUT2D eigenvalue weighted by Gasteiger charge is -1.69. The van der Waals surface area contributed by atoms with E-state index in [-0.39, 0.29) is 14.9 Å². The van der Waals surface area contributed by atoms with Crippen LogP contribution in [0, 0.1) is 14.9 Å². The molecule has 0 aliphatic rings. The minimum Gasteiger partial charge on any atom is -0.358 e. The Kier molecular flexibility index (Phi) is 12.2. The molecule has 0 aliphatic carbocycles. The lowest BCUT2D eigenvalue weighted by atomic mass is 10.4. The summed E-state index contributed by atoms with van der Waals surface area (Å²) in [6, 6.07) is 24.0. The average molecular weight is 186 g/mol. The largest absolute Gasteiger partial charge is 0.358 e. The van der Waals surface area contributed by atoms with Crippen LogP contribution in [0.4, 0.5) is 0 Å². The number of hydrogen-bond acceptors (Lipinski definition) is 0. The molecule has 0 amide bonds. The summed E-state index contributed by atoms with van der Waals surface area (Å²) >= 11 is 0. The van der Waals surface area contributed by atoms with Gasteiger partial charge in [-0.2, -0.15) is 0 Å². The molecule has 0 saturated heterocycles. The Morgan fingerprint density at radius 2 is 0.286 bits per heavy atom. The molecule has 0 radical (unpaired) electrons. The zero-order valence-electron chi connectivity index (χ0n) is 8.93. The van der Waals surface area contributed by atoms with Gasteiger partial charge < -0.3 is 14.9 Å². The minimum atomic E-state index is 0. The molecule has 14 heavy (non-hydrogen) atoms. The van der Waals surface area contributed by atoms with E-state index in [9.17, 15) is 0 Å². The van der Waals surface area contributed by atoms with Gasteiger partial charge in [-0.05, 0) is 0 Å². The second-order valence-corrected chi connectivity index (χ2v) is 2.31. The van der Waals surface area contributed by atoms with Gasteiger partial charge in [0.25, 0.3) is 0 Å². The average Bonchev–Trinajstić information content (AvgIpc) is 2.24. The van der Waals surface area contributed by atoms with Crippen LogP contribution in [0.5, 0.6) is 0 Å². The van der Waals surface area contributed by atoms with Crippen LogP contribution in [-0.2, 0) is 0 Å². The first-order valence-electron chi connectivity index (χ1n) is 4.00. The van der Waals surface area contributed by atoms with Gasteiger partial charge >= 0.3 is 0 Å². The van der Waals surface area contributed by atoms with Crippen LogP contribution in [0.25, 0.3) is 0 Å². The van der Waals surface area contributed by atoms with Crippen LogP contribution in [0.3, 0.4) is 0 Å². The molecule has 2 rings (SSSR count). The Balaban J connectivity index is 0. The molecule has 0 fully saturated rings. The quantitative estimate of drug-likeness (QED) is 0.539. The maximum Gasteiger partial charge on any atom is -0.0623 e. The highest BCUT2D eigenvalue weighted by Gasteiger charge is 1.58. The van der Waals surface area contributed by atoms with Gasteiger partial charge in [0.1, 0.15) is 0 Å². The van der Waals surface area contributed by atoms with E-state index in [2.05, 4.69) is 0 Å². The van der Waals surface area contributed by atoms with Crippen LogP contribution < -0.4 is 0 Å². The number of benzene rings is 2. The lowest BCUT2D eigenvalue weighted by molar-refractivity contribution is 1.72. The van der Waals surface area contributed by atoms with Gasteiger partial charge in [0.05, 0.1) is 0 Å². The molecular weight excluding hydrogens is 168 g/mol. The van der Waals surface area contributed by atoms with Crippen molar-refractivity contribution in [1.82, 2.24) is 0 Å². The fourth-order valence-corrected chi connectivity index (χ4v) is 0.770. The van der Waals surface area contributed by atoms with Crippen molar-refractivity contribution < 1.29 is 0 Å². The van der Waals surface area contributed by atoms with E-state index in [4.69, 9.17) is 0 Å². The van der Waals surface area contributed by atoms with E-state index in [0.29, 0.717) is 0 Å². The van der Waals surface area contributed by atoms with Gasteiger partial charge in [-0.1, -0.05) is 72.8 Å². The molecule has 0 heterocycles. The Morgan fingerprint density at radius 3 is 0.357 bits per heavy atom. The number of rotatable bonds is 0. The Labute approximate surface area is 88.2 Å². The molecule has 76 valence electrons. The van der Waals surface area contributed by atoms with E-state index in [0.717, 1.165) is 0 Å². The molecule has 0 aliphatic heterocycles. The van der Waals surface area contributed by atoms with Crippen molar-refractivity contribution in [3.63, 3.8) is 0 Å². The first-order chi connectivity index (χ1) is 6.00. The molecule has 0 unspecified atom stereocenters. The van der Waals surface area contributed by atoms with Crippen LogP contribution in [-0.4, -0.2) is 0 Å². The van der Waals surface area contributed by atoms with Crippen molar-refractivity contribution >= 4 is 0 Å². The first-order valence-corrected chi connectivity index (χ1v) is 4.00. The molecule has 0 saturated carbocycles. The molecule has 0 aromatic heterocycles. The number of hydrogen-bond donors (Lipinski definition) is 0. The highest BCUT2D eigenvalue weighted by atomic mass is 13.7. The van der Waals surface area contributed by atoms with Gasteiger partial charge in [0.2, 0.25) is 0 Å². The molecule has 0 heteroatoms. The fraction of sp³-hybridized carbons (Fsp3) is 0. The van der Waals surface area contributed by atoms with Gasteiger partial charge in [0, 0.05) is 0 Å². The van der Waals surface area contributed by atoms with Gasteiger partial charge in [-0.25, -0.2) is 0 Å². The second-order valence-electron chi connectivity index (χ2n) is 2.31. The van der Waals surface area contributed by atoms with Crippen molar-refractivity contribution in [3.8, 4) is 0 Å². The molecule has 2 aromatic carbocycles. The topological polar surface area (TPSA) is 0 Å². The smallest absolute Gasteiger partial charge is 0.0623 e. The van der Waals surface area contributed by atoms with E-state index < -0.39 is 0 Å². The Hall–Kier alpha value is -1.56. The van der Waals surface area contributed by atoms with Crippen LogP contribution >= 0.6 is 0 Å². The zero-order valence-corrected chi connectivity index (χ0v) is 8.93. The van der Waals surface area contributed by atoms with Gasteiger partial charge in [-0.15, -0.1) is 0 Å². The van der Waals surface area contributed by atoms with Gasteiger partial charge in [-0.3, -0.25) is 0 Å². The molecule has 0 nitrogen and oxygen atoms in total. The molecule has 0 spiro atoms. The predicted molar refractivity (Wildman–Crippen MR) is 65.7 cm³/mol. The van der Waals surface area contributed by atoms with Crippen molar-refractivity contribution in [2.45, 2.75) is 0 Å². The molecule has 0 N–H and O–H groups in total. The maximum absolute atomic E-state index is 2.00.